The zero-order valence-electron chi connectivity index (χ0n) is 9.76. The number of alkyl halides is 1. The molecule has 2 nitrogen and oxygen atoms in total. The molecule has 0 fully saturated rings. The van der Waals surface area contributed by atoms with E-state index in [2.05, 4.69) is 18.7 Å². The summed E-state index contributed by atoms with van der Waals surface area (Å²) in [5.41, 5.74) is 0. The molecule has 0 aromatic heterocycles. The maximum atomic E-state index is 5.78. The first-order valence-electron chi connectivity index (χ1n) is 5.67. The molecule has 0 spiro atoms. The molecule has 0 heterocycles. The first kappa shape index (κ1) is 14.2. The summed E-state index contributed by atoms with van der Waals surface area (Å²) in [7, 11) is 0. The van der Waals surface area contributed by atoms with Gasteiger partial charge in [0.25, 0.3) is 0 Å². The highest BCUT2D eigenvalue weighted by atomic mass is 35.5. The van der Waals surface area contributed by atoms with Crippen LogP contribution in [-0.4, -0.2) is 43.1 Å². The molecule has 3 heteroatoms. The quantitative estimate of drug-likeness (QED) is 0.439. The van der Waals surface area contributed by atoms with Gasteiger partial charge < -0.3 is 4.74 Å². The Bertz CT molecular complexity index is 118. The van der Waals surface area contributed by atoms with E-state index >= 15 is 0 Å². The van der Waals surface area contributed by atoms with Gasteiger partial charge in [0.1, 0.15) is 0 Å². The molecule has 0 aliphatic rings. The second kappa shape index (κ2) is 9.75. The van der Waals surface area contributed by atoms with Crippen LogP contribution in [0, 0.1) is 0 Å². The molecule has 0 saturated carbocycles. The van der Waals surface area contributed by atoms with Gasteiger partial charge in [-0.05, 0) is 19.8 Å². The lowest BCUT2D eigenvalue weighted by molar-refractivity contribution is 0.0947. The first-order chi connectivity index (χ1) is 6.79. The normalized spacial score (nSPS) is 11.6. The third-order valence-corrected chi connectivity index (χ3v) is 2.73. The molecule has 0 amide bonds. The van der Waals surface area contributed by atoms with E-state index in [9.17, 15) is 0 Å². The Kier molecular flexibility index (Phi) is 9.90. The largest absolute Gasteiger partial charge is 0.380 e. The van der Waals surface area contributed by atoms with E-state index in [-0.39, 0.29) is 0 Å². The lowest BCUT2D eigenvalue weighted by Crippen LogP contribution is -2.38. The molecule has 0 radical (unpaired) electrons. The van der Waals surface area contributed by atoms with Crippen molar-refractivity contribution in [3.63, 3.8) is 0 Å². The van der Waals surface area contributed by atoms with Gasteiger partial charge in [-0.1, -0.05) is 13.8 Å². The maximum absolute atomic E-state index is 5.78. The molecule has 0 N–H and O–H groups in total. The fourth-order valence-electron chi connectivity index (χ4n) is 1.72. The molecule has 0 aromatic rings. The monoisotopic (exact) mass is 221 g/mol. The van der Waals surface area contributed by atoms with Crippen LogP contribution in [0.1, 0.15) is 33.6 Å². The van der Waals surface area contributed by atoms with E-state index in [0.717, 1.165) is 26.3 Å². The van der Waals surface area contributed by atoms with Gasteiger partial charge in [0.05, 0.1) is 6.61 Å². The summed E-state index contributed by atoms with van der Waals surface area (Å²) in [5.74, 6) is 0.711. The second-order valence-electron chi connectivity index (χ2n) is 3.39. The molecule has 86 valence electrons. The molecule has 0 atom stereocenters. The Morgan fingerprint density at radius 2 is 1.79 bits per heavy atom. The van der Waals surface area contributed by atoms with Crippen LogP contribution in [0.15, 0.2) is 0 Å². The van der Waals surface area contributed by atoms with Gasteiger partial charge in [-0.2, -0.15) is 0 Å². The molecule has 0 aliphatic heterocycles. The minimum absolute atomic E-state index is 0.661. The van der Waals surface area contributed by atoms with Crippen molar-refractivity contribution in [2.24, 2.45) is 0 Å². The van der Waals surface area contributed by atoms with Crippen molar-refractivity contribution in [2.45, 2.75) is 39.7 Å². The van der Waals surface area contributed by atoms with E-state index in [1.807, 2.05) is 6.92 Å². The van der Waals surface area contributed by atoms with E-state index in [1.165, 1.54) is 12.8 Å². The van der Waals surface area contributed by atoms with Crippen LogP contribution in [-0.2, 0) is 4.74 Å². The average Bonchev–Trinajstić information content (AvgIpc) is 2.20. The Morgan fingerprint density at radius 1 is 1.14 bits per heavy atom. The third-order valence-electron chi connectivity index (χ3n) is 2.56. The summed E-state index contributed by atoms with van der Waals surface area (Å²) in [6.45, 7) is 10.1. The summed E-state index contributed by atoms with van der Waals surface area (Å²) < 4.78 is 5.36. The van der Waals surface area contributed by atoms with E-state index < -0.39 is 0 Å². The minimum Gasteiger partial charge on any atom is -0.380 e. The molecule has 0 bridgehead atoms. The lowest BCUT2D eigenvalue weighted by Gasteiger charge is -2.29. The summed E-state index contributed by atoms with van der Waals surface area (Å²) in [6.07, 6.45) is 2.39. The number of hydrogen-bond donors (Lipinski definition) is 0. The van der Waals surface area contributed by atoms with Crippen molar-refractivity contribution < 1.29 is 4.74 Å². The van der Waals surface area contributed by atoms with E-state index in [4.69, 9.17) is 16.3 Å². The molecule has 0 aliphatic carbocycles. The van der Waals surface area contributed by atoms with Crippen molar-refractivity contribution in [1.29, 1.82) is 0 Å². The summed E-state index contributed by atoms with van der Waals surface area (Å²) in [6, 6.07) is 0.661. The topological polar surface area (TPSA) is 12.5 Å². The van der Waals surface area contributed by atoms with Crippen LogP contribution < -0.4 is 0 Å². The lowest BCUT2D eigenvalue weighted by atomic mass is 10.1. The Balaban J connectivity index is 3.85. The average molecular weight is 222 g/mol. The van der Waals surface area contributed by atoms with Crippen LogP contribution in [0.25, 0.3) is 0 Å². The summed E-state index contributed by atoms with van der Waals surface area (Å²) >= 11 is 5.78. The molecule has 0 unspecified atom stereocenters. The van der Waals surface area contributed by atoms with Gasteiger partial charge in [-0.15, -0.1) is 11.6 Å². The molecular weight excluding hydrogens is 198 g/mol. The third kappa shape index (κ3) is 5.84. The van der Waals surface area contributed by atoms with Crippen LogP contribution in [0.3, 0.4) is 0 Å². The van der Waals surface area contributed by atoms with Gasteiger partial charge in [-0.3, -0.25) is 4.90 Å². The van der Waals surface area contributed by atoms with Crippen molar-refractivity contribution in [1.82, 2.24) is 4.90 Å². The van der Waals surface area contributed by atoms with Gasteiger partial charge in [0.2, 0.25) is 0 Å². The fraction of sp³-hybridized carbons (Fsp3) is 1.00. The highest BCUT2D eigenvalue weighted by Gasteiger charge is 2.13. The molecular formula is C11H24ClNO. The zero-order valence-corrected chi connectivity index (χ0v) is 10.5. The standard InChI is InChI=1S/C11H24ClNO/c1-4-11(5-2)13(8-7-12)9-10-14-6-3/h11H,4-10H2,1-3H3. The summed E-state index contributed by atoms with van der Waals surface area (Å²) in [5, 5.41) is 0. The van der Waals surface area contributed by atoms with Crippen LogP contribution in [0.5, 0.6) is 0 Å². The molecule has 0 saturated heterocycles. The van der Waals surface area contributed by atoms with Gasteiger partial charge >= 0.3 is 0 Å². The number of nitrogens with zero attached hydrogens (tertiary/aromatic N) is 1. The Hall–Kier alpha value is 0.210. The number of ether oxygens (including phenoxy) is 1. The molecule has 0 rings (SSSR count). The van der Waals surface area contributed by atoms with Crippen LogP contribution in [0.4, 0.5) is 0 Å². The number of hydrogen-bond acceptors (Lipinski definition) is 2. The highest BCUT2D eigenvalue weighted by Crippen LogP contribution is 2.08. The van der Waals surface area contributed by atoms with Crippen molar-refractivity contribution in [2.75, 3.05) is 32.2 Å². The number of rotatable bonds is 9. The van der Waals surface area contributed by atoms with Gasteiger partial charge in [-0.25, -0.2) is 0 Å². The first-order valence-corrected chi connectivity index (χ1v) is 6.21. The van der Waals surface area contributed by atoms with Gasteiger partial charge in [0, 0.05) is 31.6 Å². The molecule has 14 heavy (non-hydrogen) atoms. The Morgan fingerprint density at radius 3 is 2.21 bits per heavy atom. The molecule has 0 aromatic carbocycles. The maximum Gasteiger partial charge on any atom is 0.0593 e. The van der Waals surface area contributed by atoms with Crippen molar-refractivity contribution in [3.05, 3.63) is 0 Å². The Labute approximate surface area is 93.6 Å². The highest BCUT2D eigenvalue weighted by molar-refractivity contribution is 6.18. The van der Waals surface area contributed by atoms with Crippen molar-refractivity contribution >= 4 is 11.6 Å². The predicted octanol–water partition coefficient (Wildman–Crippen LogP) is 2.75. The van der Waals surface area contributed by atoms with Crippen molar-refractivity contribution in [3.8, 4) is 0 Å². The predicted molar refractivity (Wildman–Crippen MR) is 63.2 cm³/mol. The van der Waals surface area contributed by atoms with Crippen LogP contribution in [0.2, 0.25) is 0 Å². The SMILES string of the molecule is CCOCCN(CCCl)C(CC)CC. The zero-order chi connectivity index (χ0) is 10.8. The van der Waals surface area contributed by atoms with E-state index in [0.29, 0.717) is 11.9 Å². The van der Waals surface area contributed by atoms with E-state index in [1.54, 1.807) is 0 Å². The number of halogens is 1. The van der Waals surface area contributed by atoms with Crippen LogP contribution >= 0.6 is 11.6 Å². The second-order valence-corrected chi connectivity index (χ2v) is 3.77. The smallest absolute Gasteiger partial charge is 0.0593 e. The fourth-order valence-corrected chi connectivity index (χ4v) is 1.93. The minimum atomic E-state index is 0.661. The van der Waals surface area contributed by atoms with Gasteiger partial charge in [0.15, 0.2) is 0 Å². The summed E-state index contributed by atoms with van der Waals surface area (Å²) in [4.78, 5) is 2.43.